The first-order valence-corrected chi connectivity index (χ1v) is 8.42. The lowest BCUT2D eigenvalue weighted by Crippen LogP contribution is -2.40. The van der Waals surface area contributed by atoms with Gasteiger partial charge in [0.1, 0.15) is 0 Å². The Bertz CT molecular complexity index is 519. The second kappa shape index (κ2) is 8.29. The van der Waals surface area contributed by atoms with Crippen LogP contribution >= 0.6 is 15.9 Å². The summed E-state index contributed by atoms with van der Waals surface area (Å²) in [5.41, 5.74) is 6.50. The highest BCUT2D eigenvalue weighted by Gasteiger charge is 2.24. The number of carbonyl (C=O) groups is 2. The lowest BCUT2D eigenvalue weighted by molar-refractivity contribution is -0.126. The van der Waals surface area contributed by atoms with Crippen LogP contribution in [0.1, 0.15) is 36.0 Å². The lowest BCUT2D eigenvalue weighted by Gasteiger charge is -2.25. The van der Waals surface area contributed by atoms with Crippen LogP contribution in [0.5, 0.6) is 0 Å². The molecule has 0 spiro atoms. The summed E-state index contributed by atoms with van der Waals surface area (Å²) in [5, 5.41) is 5.66. The number of rotatable bonds is 5. The maximum absolute atomic E-state index is 12.0. The minimum atomic E-state index is -0.138. The van der Waals surface area contributed by atoms with Crippen molar-refractivity contribution in [1.29, 1.82) is 0 Å². The average molecular weight is 368 g/mol. The van der Waals surface area contributed by atoms with Gasteiger partial charge in [-0.25, -0.2) is 0 Å². The monoisotopic (exact) mass is 367 g/mol. The standard InChI is InChI=1S/C16H22BrN3O2/c17-13-6-4-11(5-7-13)15(21)19-8-9-20-16(22)12-2-1-3-14(18)10-12/h4-7,12,14H,1-3,8-10,18H2,(H,19,21)(H,20,22). The molecular weight excluding hydrogens is 346 g/mol. The number of amides is 2. The van der Waals surface area contributed by atoms with Crippen LogP contribution in [-0.2, 0) is 4.79 Å². The minimum Gasteiger partial charge on any atom is -0.354 e. The number of hydrogen-bond donors (Lipinski definition) is 3. The van der Waals surface area contributed by atoms with Crippen molar-refractivity contribution in [3.63, 3.8) is 0 Å². The average Bonchev–Trinajstić information content (AvgIpc) is 2.51. The summed E-state index contributed by atoms with van der Waals surface area (Å²) < 4.78 is 0.932. The summed E-state index contributed by atoms with van der Waals surface area (Å²) in [7, 11) is 0. The van der Waals surface area contributed by atoms with Gasteiger partial charge in [-0.1, -0.05) is 22.4 Å². The van der Waals surface area contributed by atoms with Gasteiger partial charge >= 0.3 is 0 Å². The third-order valence-electron chi connectivity index (χ3n) is 3.90. The Morgan fingerprint density at radius 1 is 1.14 bits per heavy atom. The molecule has 0 aromatic heterocycles. The first-order valence-electron chi connectivity index (χ1n) is 7.63. The molecule has 2 atom stereocenters. The predicted octanol–water partition coefficient (Wildman–Crippen LogP) is 1.81. The van der Waals surface area contributed by atoms with E-state index in [1.165, 1.54) is 0 Å². The molecule has 1 aromatic rings. The van der Waals surface area contributed by atoms with Gasteiger partial charge in [0.25, 0.3) is 5.91 Å². The van der Waals surface area contributed by atoms with Gasteiger partial charge in [0.15, 0.2) is 0 Å². The Morgan fingerprint density at radius 2 is 1.82 bits per heavy atom. The van der Waals surface area contributed by atoms with Crippen LogP contribution in [0.15, 0.2) is 28.7 Å². The number of halogens is 1. The molecule has 120 valence electrons. The summed E-state index contributed by atoms with van der Waals surface area (Å²) in [6.07, 6.45) is 3.69. The van der Waals surface area contributed by atoms with E-state index in [1.807, 2.05) is 12.1 Å². The third-order valence-corrected chi connectivity index (χ3v) is 4.43. The maximum atomic E-state index is 12.0. The van der Waals surface area contributed by atoms with Crippen molar-refractivity contribution >= 4 is 27.7 Å². The van der Waals surface area contributed by atoms with Crippen LogP contribution in [0.2, 0.25) is 0 Å². The Hall–Kier alpha value is -1.40. The van der Waals surface area contributed by atoms with Crippen molar-refractivity contribution in [2.75, 3.05) is 13.1 Å². The largest absolute Gasteiger partial charge is 0.354 e. The Balaban J connectivity index is 1.67. The van der Waals surface area contributed by atoms with E-state index in [2.05, 4.69) is 26.6 Å². The molecule has 1 aliphatic carbocycles. The van der Waals surface area contributed by atoms with Crippen LogP contribution in [0, 0.1) is 5.92 Å². The van der Waals surface area contributed by atoms with Crippen molar-refractivity contribution in [3.05, 3.63) is 34.3 Å². The van der Waals surface area contributed by atoms with Gasteiger partial charge in [-0.3, -0.25) is 9.59 Å². The predicted molar refractivity (Wildman–Crippen MR) is 89.4 cm³/mol. The van der Waals surface area contributed by atoms with Gasteiger partial charge in [-0.15, -0.1) is 0 Å². The van der Waals surface area contributed by atoms with Gasteiger partial charge in [0.2, 0.25) is 5.91 Å². The first kappa shape index (κ1) is 17.0. The number of nitrogens with one attached hydrogen (secondary N) is 2. The molecular formula is C16H22BrN3O2. The van der Waals surface area contributed by atoms with Gasteiger partial charge in [-0.05, 0) is 43.5 Å². The zero-order valence-electron chi connectivity index (χ0n) is 12.5. The number of carbonyl (C=O) groups excluding carboxylic acids is 2. The van der Waals surface area contributed by atoms with E-state index in [1.54, 1.807) is 12.1 Å². The van der Waals surface area contributed by atoms with E-state index in [0.29, 0.717) is 18.7 Å². The molecule has 4 N–H and O–H groups in total. The fourth-order valence-corrected chi connectivity index (χ4v) is 2.94. The fraction of sp³-hybridized carbons (Fsp3) is 0.500. The topological polar surface area (TPSA) is 84.2 Å². The van der Waals surface area contributed by atoms with Crippen molar-refractivity contribution in [2.24, 2.45) is 11.7 Å². The SMILES string of the molecule is NC1CCCC(C(=O)NCCNC(=O)c2ccc(Br)cc2)C1. The summed E-state index contributed by atoms with van der Waals surface area (Å²) >= 11 is 3.33. The molecule has 0 aliphatic heterocycles. The van der Waals surface area contributed by atoms with Gasteiger partial charge in [0.05, 0.1) is 0 Å². The quantitative estimate of drug-likeness (QED) is 0.693. The van der Waals surface area contributed by atoms with Crippen molar-refractivity contribution in [2.45, 2.75) is 31.7 Å². The van der Waals surface area contributed by atoms with E-state index in [4.69, 9.17) is 5.73 Å². The molecule has 1 fully saturated rings. The molecule has 22 heavy (non-hydrogen) atoms. The number of benzene rings is 1. The normalized spacial score (nSPS) is 21.2. The van der Waals surface area contributed by atoms with Crippen molar-refractivity contribution in [1.82, 2.24) is 10.6 Å². The first-order chi connectivity index (χ1) is 10.6. The molecule has 2 unspecified atom stereocenters. The van der Waals surface area contributed by atoms with Gasteiger partial charge in [-0.2, -0.15) is 0 Å². The summed E-state index contributed by atoms with van der Waals surface area (Å²) in [4.78, 5) is 23.9. The second-order valence-electron chi connectivity index (χ2n) is 5.68. The molecule has 6 heteroatoms. The molecule has 2 rings (SSSR count). The molecule has 0 bridgehead atoms. The molecule has 1 aromatic carbocycles. The third kappa shape index (κ3) is 5.10. The zero-order valence-corrected chi connectivity index (χ0v) is 14.1. The summed E-state index contributed by atoms with van der Waals surface area (Å²) in [5.74, 6) is -0.0691. The molecule has 0 radical (unpaired) electrons. The van der Waals surface area contributed by atoms with Crippen molar-refractivity contribution in [3.8, 4) is 0 Å². The number of hydrogen-bond acceptors (Lipinski definition) is 3. The lowest BCUT2D eigenvalue weighted by atomic mass is 9.85. The van der Waals surface area contributed by atoms with Crippen LogP contribution in [0.3, 0.4) is 0 Å². The highest BCUT2D eigenvalue weighted by molar-refractivity contribution is 9.10. The van der Waals surface area contributed by atoms with E-state index < -0.39 is 0 Å². The van der Waals surface area contributed by atoms with E-state index >= 15 is 0 Å². The van der Waals surface area contributed by atoms with E-state index in [-0.39, 0.29) is 23.8 Å². The smallest absolute Gasteiger partial charge is 0.251 e. The Kier molecular flexibility index (Phi) is 6.39. The van der Waals surface area contributed by atoms with Crippen LogP contribution in [-0.4, -0.2) is 30.9 Å². The van der Waals surface area contributed by atoms with Gasteiger partial charge < -0.3 is 16.4 Å². The summed E-state index contributed by atoms with van der Waals surface area (Å²) in [6, 6.07) is 7.29. The second-order valence-corrected chi connectivity index (χ2v) is 6.59. The zero-order chi connectivity index (χ0) is 15.9. The number of nitrogens with two attached hydrogens (primary N) is 1. The maximum Gasteiger partial charge on any atom is 0.251 e. The molecule has 0 heterocycles. The van der Waals surface area contributed by atoms with Gasteiger partial charge in [0, 0.05) is 35.1 Å². The van der Waals surface area contributed by atoms with E-state index in [9.17, 15) is 9.59 Å². The highest BCUT2D eigenvalue weighted by atomic mass is 79.9. The van der Waals surface area contributed by atoms with Crippen LogP contribution in [0.25, 0.3) is 0 Å². The van der Waals surface area contributed by atoms with Crippen LogP contribution < -0.4 is 16.4 Å². The molecule has 2 amide bonds. The Labute approximate surface area is 139 Å². The van der Waals surface area contributed by atoms with Crippen molar-refractivity contribution < 1.29 is 9.59 Å². The minimum absolute atomic E-state index is 0.0194. The Morgan fingerprint density at radius 3 is 2.50 bits per heavy atom. The van der Waals surface area contributed by atoms with E-state index in [0.717, 1.165) is 30.2 Å². The molecule has 1 aliphatic rings. The summed E-state index contributed by atoms with van der Waals surface area (Å²) in [6.45, 7) is 0.853. The van der Waals surface area contributed by atoms with Crippen LogP contribution in [0.4, 0.5) is 0 Å². The highest BCUT2D eigenvalue weighted by Crippen LogP contribution is 2.22. The fourth-order valence-electron chi connectivity index (χ4n) is 2.68. The molecule has 0 saturated heterocycles. The molecule has 1 saturated carbocycles. The molecule has 5 nitrogen and oxygen atoms in total.